The summed E-state index contributed by atoms with van der Waals surface area (Å²) in [5.74, 6) is 2.11. The Bertz CT molecular complexity index is 943. The van der Waals surface area contributed by atoms with Crippen molar-refractivity contribution in [2.75, 3.05) is 7.11 Å². The molecule has 2 aromatic heterocycles. The van der Waals surface area contributed by atoms with Crippen molar-refractivity contribution < 1.29 is 4.74 Å². The molecule has 166 valence electrons. The fraction of sp³-hybridized carbons (Fsp3) is 0.519. The number of H-pyrrole nitrogens is 2. The van der Waals surface area contributed by atoms with Crippen LogP contribution in [0.5, 0.6) is 0 Å². The minimum Gasteiger partial charge on any atom is -0.494 e. The smallest absolute Gasteiger partial charge is 0.146 e. The molecule has 0 saturated carbocycles. The lowest BCUT2D eigenvalue weighted by molar-refractivity contribution is 0.303. The number of ether oxygens (including phenoxy) is 1. The Morgan fingerprint density at radius 2 is 1.97 bits per heavy atom. The van der Waals surface area contributed by atoms with E-state index in [9.17, 15) is 0 Å². The van der Waals surface area contributed by atoms with Crippen molar-refractivity contribution >= 4 is 11.8 Å². The van der Waals surface area contributed by atoms with E-state index >= 15 is 0 Å². The van der Waals surface area contributed by atoms with Gasteiger partial charge in [0.2, 0.25) is 0 Å². The molecule has 4 heteroatoms. The fourth-order valence-electron chi connectivity index (χ4n) is 4.97. The summed E-state index contributed by atoms with van der Waals surface area (Å²) in [4.78, 5) is 11.9. The zero-order valence-electron chi connectivity index (χ0n) is 19.3. The van der Waals surface area contributed by atoms with Gasteiger partial charge in [-0.1, -0.05) is 46.0 Å². The van der Waals surface area contributed by atoms with Crippen LogP contribution in [0, 0.1) is 5.92 Å². The van der Waals surface area contributed by atoms with E-state index < -0.39 is 0 Å². The van der Waals surface area contributed by atoms with Gasteiger partial charge in [0.25, 0.3) is 0 Å². The summed E-state index contributed by atoms with van der Waals surface area (Å²) in [5, 5.41) is 0. The van der Waals surface area contributed by atoms with Gasteiger partial charge in [-0.2, -0.15) is 0 Å². The number of methoxy groups -OCH3 is 1. The van der Waals surface area contributed by atoms with Crippen molar-refractivity contribution in [3.05, 3.63) is 64.6 Å². The number of hydrogen-bond donors (Lipinski definition) is 2. The Morgan fingerprint density at radius 1 is 1.16 bits per heavy atom. The predicted molar refractivity (Wildman–Crippen MR) is 129 cm³/mol. The number of allylic oxidation sites excluding steroid dienone is 1. The van der Waals surface area contributed by atoms with E-state index in [0.29, 0.717) is 11.8 Å². The van der Waals surface area contributed by atoms with Gasteiger partial charge in [0.1, 0.15) is 11.5 Å². The van der Waals surface area contributed by atoms with E-state index in [-0.39, 0.29) is 0 Å². The van der Waals surface area contributed by atoms with Crippen molar-refractivity contribution in [2.45, 2.75) is 77.6 Å². The molecule has 0 amide bonds. The first-order valence-corrected chi connectivity index (χ1v) is 12.1. The van der Waals surface area contributed by atoms with Crippen LogP contribution in [0.25, 0.3) is 6.08 Å². The first-order valence-electron chi connectivity index (χ1n) is 12.1. The van der Waals surface area contributed by atoms with Crippen LogP contribution in [-0.4, -0.2) is 22.8 Å². The van der Waals surface area contributed by atoms with Gasteiger partial charge in [-0.15, -0.1) is 0 Å². The van der Waals surface area contributed by atoms with E-state index in [1.54, 1.807) is 7.11 Å². The number of aryl methyl sites for hydroxylation is 1. The minimum absolute atomic E-state index is 0.597. The van der Waals surface area contributed by atoms with Crippen molar-refractivity contribution in [3.63, 3.8) is 0 Å². The van der Waals surface area contributed by atoms with Gasteiger partial charge in [-0.3, -0.25) is 0 Å². The molecule has 0 aromatic carbocycles. The minimum atomic E-state index is 0.597. The van der Waals surface area contributed by atoms with Crippen molar-refractivity contribution in [2.24, 2.45) is 10.9 Å². The van der Waals surface area contributed by atoms with Crippen LogP contribution in [-0.2, 0) is 11.2 Å². The number of fused-ring (bicyclic) bond motifs is 2. The van der Waals surface area contributed by atoms with E-state index in [0.717, 1.165) is 29.3 Å². The van der Waals surface area contributed by atoms with E-state index in [1.165, 1.54) is 68.3 Å². The molecule has 0 fully saturated rings. The molecule has 0 radical (unpaired) electrons. The lowest BCUT2D eigenvalue weighted by atomic mass is 9.85. The maximum absolute atomic E-state index is 5.68. The maximum atomic E-state index is 5.68. The first-order chi connectivity index (χ1) is 15.1. The highest BCUT2D eigenvalue weighted by Crippen LogP contribution is 2.35. The van der Waals surface area contributed by atoms with Crippen LogP contribution in [0.1, 0.15) is 93.8 Å². The molecule has 4 rings (SSSR count). The second-order valence-electron chi connectivity index (χ2n) is 9.47. The number of aromatic amines is 2. The molecule has 2 aliphatic rings. The second kappa shape index (κ2) is 10.2. The quantitative estimate of drug-likeness (QED) is 0.532. The molecule has 0 spiro atoms. The predicted octanol–water partition coefficient (Wildman–Crippen LogP) is 7.13. The van der Waals surface area contributed by atoms with Crippen LogP contribution in [0.3, 0.4) is 0 Å². The third-order valence-corrected chi connectivity index (χ3v) is 6.52. The van der Waals surface area contributed by atoms with E-state index in [2.05, 4.69) is 36.0 Å². The van der Waals surface area contributed by atoms with Crippen LogP contribution in [0.15, 0.2) is 46.9 Å². The molecule has 2 bridgehead atoms. The molecule has 2 aromatic rings. The van der Waals surface area contributed by atoms with Crippen molar-refractivity contribution in [1.82, 2.24) is 9.97 Å². The third-order valence-electron chi connectivity index (χ3n) is 6.52. The van der Waals surface area contributed by atoms with Crippen LogP contribution in [0.2, 0.25) is 0 Å². The molecule has 31 heavy (non-hydrogen) atoms. The van der Waals surface area contributed by atoms with Crippen LogP contribution >= 0.6 is 0 Å². The van der Waals surface area contributed by atoms with Crippen LogP contribution < -0.4 is 0 Å². The Hall–Kier alpha value is -2.49. The Balaban J connectivity index is 1.71. The summed E-state index contributed by atoms with van der Waals surface area (Å²) >= 11 is 0. The number of hydrogen-bond acceptors (Lipinski definition) is 2. The molecule has 1 aliphatic heterocycles. The second-order valence-corrected chi connectivity index (χ2v) is 9.47. The number of nitrogens with zero attached hydrogens (tertiary/aromatic N) is 1. The summed E-state index contributed by atoms with van der Waals surface area (Å²) in [7, 11) is 1.73. The monoisotopic (exact) mass is 419 g/mol. The number of aliphatic imine (C=N–C) groups is 1. The third kappa shape index (κ3) is 5.41. The molecule has 2 N–H and O–H groups in total. The Labute approximate surface area is 186 Å². The number of rotatable bonds is 5. The average Bonchev–Trinajstić information content (AvgIpc) is 3.47. The Morgan fingerprint density at radius 3 is 2.71 bits per heavy atom. The summed E-state index contributed by atoms with van der Waals surface area (Å²) in [5.41, 5.74) is 6.89. The van der Waals surface area contributed by atoms with Crippen molar-refractivity contribution in [3.8, 4) is 0 Å². The first kappa shape index (κ1) is 21.7. The SMILES string of the molecule is COC1=CC(c2ccc[nH]2)=NC1=Cc1[nH]c2cc1[C@@H](CC(C)C)CCCCCCCC2. The van der Waals surface area contributed by atoms with E-state index in [4.69, 9.17) is 9.73 Å². The summed E-state index contributed by atoms with van der Waals surface area (Å²) in [6.45, 7) is 4.69. The zero-order valence-corrected chi connectivity index (χ0v) is 19.3. The topological polar surface area (TPSA) is 53.2 Å². The zero-order chi connectivity index (χ0) is 21.6. The number of nitrogens with one attached hydrogen (secondary N) is 2. The van der Waals surface area contributed by atoms with Gasteiger partial charge >= 0.3 is 0 Å². The fourth-order valence-corrected chi connectivity index (χ4v) is 4.97. The summed E-state index contributed by atoms with van der Waals surface area (Å²) < 4.78 is 5.68. The van der Waals surface area contributed by atoms with Crippen LogP contribution in [0.4, 0.5) is 0 Å². The molecule has 0 saturated heterocycles. The van der Waals surface area contributed by atoms with Gasteiger partial charge in [-0.25, -0.2) is 4.99 Å². The molecule has 3 heterocycles. The largest absolute Gasteiger partial charge is 0.494 e. The Kier molecular flexibility index (Phi) is 7.16. The van der Waals surface area contributed by atoms with Gasteiger partial charge in [0.05, 0.1) is 18.5 Å². The van der Waals surface area contributed by atoms with Crippen molar-refractivity contribution in [1.29, 1.82) is 0 Å². The molecule has 1 atom stereocenters. The highest BCUT2D eigenvalue weighted by Gasteiger charge is 2.22. The number of aromatic nitrogens is 2. The van der Waals surface area contributed by atoms with Gasteiger partial charge in [-0.05, 0) is 67.4 Å². The highest BCUT2D eigenvalue weighted by molar-refractivity contribution is 6.11. The lowest BCUT2D eigenvalue weighted by Gasteiger charge is -2.20. The summed E-state index contributed by atoms with van der Waals surface area (Å²) in [6.07, 6.45) is 17.8. The molecule has 4 nitrogen and oxygen atoms in total. The average molecular weight is 420 g/mol. The van der Waals surface area contributed by atoms with Gasteiger partial charge in [0.15, 0.2) is 0 Å². The lowest BCUT2D eigenvalue weighted by Crippen LogP contribution is -2.04. The molecular weight excluding hydrogens is 382 g/mol. The normalized spacial score (nSPS) is 21.5. The standard InChI is InChI=1S/C27H37N3O/c1-19(2)15-20-11-8-6-4-5-7-9-12-21-16-22(20)24(29-21)17-26-27(31-3)18-25(30-26)23-13-10-14-28-23/h10,13-14,16-20,28-29H,4-9,11-12,15H2,1-3H3/t20-/m1/s1. The molecule has 1 aliphatic carbocycles. The molecule has 0 unspecified atom stereocenters. The maximum Gasteiger partial charge on any atom is 0.146 e. The molecular formula is C27H37N3O. The van der Waals surface area contributed by atoms with Gasteiger partial charge < -0.3 is 14.7 Å². The summed E-state index contributed by atoms with van der Waals surface area (Å²) in [6, 6.07) is 6.49. The highest BCUT2D eigenvalue weighted by atomic mass is 16.5. The van der Waals surface area contributed by atoms with Gasteiger partial charge in [0, 0.05) is 23.7 Å². The van der Waals surface area contributed by atoms with E-state index in [1.807, 2.05) is 24.4 Å².